The van der Waals surface area contributed by atoms with Crippen molar-refractivity contribution in [1.29, 1.82) is 0 Å². The van der Waals surface area contributed by atoms with Gasteiger partial charge in [0.25, 0.3) is 0 Å². The molecule has 5 nitrogen and oxygen atoms in total. The predicted molar refractivity (Wildman–Crippen MR) is 81.1 cm³/mol. The number of hydrogen-bond acceptors (Lipinski definition) is 3. The molecule has 0 bridgehead atoms. The maximum atomic E-state index is 13.1. The van der Waals surface area contributed by atoms with E-state index in [-0.39, 0.29) is 11.4 Å². The molecule has 0 spiro atoms. The molecule has 2 N–H and O–H groups in total. The number of phenols is 1. The summed E-state index contributed by atoms with van der Waals surface area (Å²) in [6.07, 6.45) is -3.12. The predicted octanol–water partition coefficient (Wildman–Crippen LogP) is 3.79. The summed E-state index contributed by atoms with van der Waals surface area (Å²) in [5.41, 5.74) is 0.590. The fourth-order valence-corrected chi connectivity index (χ4v) is 2.35. The molecule has 0 aliphatic heterocycles. The van der Waals surface area contributed by atoms with E-state index in [1.807, 2.05) is 0 Å². The average Bonchev–Trinajstić information content (AvgIpc) is 2.97. The van der Waals surface area contributed by atoms with E-state index >= 15 is 0 Å². The summed E-state index contributed by atoms with van der Waals surface area (Å²) >= 11 is 3.23. The quantitative estimate of drug-likeness (QED) is 0.779. The van der Waals surface area contributed by atoms with Crippen molar-refractivity contribution in [2.45, 2.75) is 25.6 Å². The maximum absolute atomic E-state index is 13.1. The fraction of sp³-hybridized carbons (Fsp3) is 0.286. The van der Waals surface area contributed by atoms with Gasteiger partial charge in [0.2, 0.25) is 5.91 Å². The number of hydrogen-bond donors (Lipinski definition) is 2. The largest absolute Gasteiger partial charge is 0.506 e. The lowest BCUT2D eigenvalue weighted by molar-refractivity contribution is -0.174. The van der Waals surface area contributed by atoms with Gasteiger partial charge < -0.3 is 10.4 Å². The second kappa shape index (κ2) is 6.61. The van der Waals surface area contributed by atoms with Gasteiger partial charge in [-0.2, -0.15) is 18.3 Å². The van der Waals surface area contributed by atoms with Gasteiger partial charge in [-0.1, -0.05) is 15.9 Å². The van der Waals surface area contributed by atoms with Crippen molar-refractivity contribution in [1.82, 2.24) is 9.78 Å². The molecule has 23 heavy (non-hydrogen) atoms. The molecule has 9 heteroatoms. The standard InChI is InChI=1S/C14H13BrF3N3O2/c1-8-9(15)3-4-10(22)13(8)20-12(23)7-11(14(16,17)18)21-6-2-5-19-21/h2-6,11,22H,7H2,1H3,(H,20,23). The SMILES string of the molecule is Cc1c(Br)ccc(O)c1NC(=O)CC(n1cccn1)C(F)(F)F. The molecule has 1 atom stereocenters. The number of halogens is 4. The number of carbonyl (C=O) groups is 1. The third-order valence-electron chi connectivity index (χ3n) is 3.24. The third-order valence-corrected chi connectivity index (χ3v) is 4.10. The minimum atomic E-state index is -4.63. The summed E-state index contributed by atoms with van der Waals surface area (Å²) in [6, 6.07) is 2.18. The number of carbonyl (C=O) groups excluding carboxylic acids is 1. The van der Waals surface area contributed by atoms with E-state index < -0.39 is 24.5 Å². The first-order valence-electron chi connectivity index (χ1n) is 6.54. The molecule has 0 radical (unpaired) electrons. The van der Waals surface area contributed by atoms with Crippen LogP contribution in [0, 0.1) is 6.92 Å². The Morgan fingerprint density at radius 2 is 2.17 bits per heavy atom. The Bertz CT molecular complexity index is 702. The molecule has 1 amide bonds. The zero-order valence-electron chi connectivity index (χ0n) is 11.9. The van der Waals surface area contributed by atoms with Crippen LogP contribution < -0.4 is 5.32 Å². The molecule has 0 aliphatic rings. The van der Waals surface area contributed by atoms with Gasteiger partial charge >= 0.3 is 6.18 Å². The third kappa shape index (κ3) is 4.04. The van der Waals surface area contributed by atoms with Crippen molar-refractivity contribution < 1.29 is 23.1 Å². The molecule has 1 aromatic carbocycles. The average molecular weight is 392 g/mol. The summed E-state index contributed by atoms with van der Waals surface area (Å²) in [6.45, 7) is 1.62. The lowest BCUT2D eigenvalue weighted by Crippen LogP contribution is -2.31. The highest BCUT2D eigenvalue weighted by Gasteiger charge is 2.42. The number of benzene rings is 1. The van der Waals surface area contributed by atoms with Crippen LogP contribution in [0.1, 0.15) is 18.0 Å². The second-order valence-corrected chi connectivity index (χ2v) is 5.72. The summed E-state index contributed by atoms with van der Waals surface area (Å²) in [5.74, 6) is -1.10. The number of aromatic nitrogens is 2. The number of nitrogens with one attached hydrogen (secondary N) is 1. The maximum Gasteiger partial charge on any atom is 0.411 e. The van der Waals surface area contributed by atoms with Crippen molar-refractivity contribution in [3.05, 3.63) is 40.6 Å². The monoisotopic (exact) mass is 391 g/mol. The minimum absolute atomic E-state index is 0.0748. The van der Waals surface area contributed by atoms with Crippen LogP contribution in [0.25, 0.3) is 0 Å². The molecule has 2 rings (SSSR count). The number of alkyl halides is 3. The van der Waals surface area contributed by atoms with Crippen molar-refractivity contribution in [2.75, 3.05) is 5.32 Å². The molecular formula is C14H13BrF3N3O2. The van der Waals surface area contributed by atoms with Crippen LogP contribution in [0.3, 0.4) is 0 Å². The first kappa shape index (κ1) is 17.3. The smallest absolute Gasteiger partial charge is 0.411 e. The number of phenolic OH excluding ortho intramolecular Hbond substituents is 1. The van der Waals surface area contributed by atoms with Crippen molar-refractivity contribution >= 4 is 27.5 Å². The molecule has 1 heterocycles. The Balaban J connectivity index is 2.20. The van der Waals surface area contributed by atoms with Gasteiger partial charge in [-0.15, -0.1) is 0 Å². The van der Waals surface area contributed by atoms with Crippen LogP contribution in [0.2, 0.25) is 0 Å². The van der Waals surface area contributed by atoms with Crippen LogP contribution in [-0.2, 0) is 4.79 Å². The normalized spacial score (nSPS) is 12.9. The molecule has 0 aliphatic carbocycles. The number of anilines is 1. The molecule has 0 fully saturated rings. The molecule has 1 aromatic heterocycles. The van der Waals surface area contributed by atoms with Gasteiger partial charge in [0.05, 0.1) is 12.1 Å². The van der Waals surface area contributed by atoms with E-state index in [1.165, 1.54) is 18.3 Å². The Kier molecular flexibility index (Phi) is 4.98. The molecule has 1 unspecified atom stereocenters. The lowest BCUT2D eigenvalue weighted by Gasteiger charge is -2.21. The summed E-state index contributed by atoms with van der Waals surface area (Å²) in [4.78, 5) is 12.0. The van der Waals surface area contributed by atoms with Gasteiger partial charge in [0.15, 0.2) is 6.04 Å². The van der Waals surface area contributed by atoms with E-state index in [0.29, 0.717) is 14.7 Å². The number of rotatable bonds is 4. The van der Waals surface area contributed by atoms with Gasteiger partial charge in [-0.3, -0.25) is 9.48 Å². The Morgan fingerprint density at radius 1 is 1.48 bits per heavy atom. The summed E-state index contributed by atoms with van der Waals surface area (Å²) < 4.78 is 40.6. The van der Waals surface area contributed by atoms with E-state index in [0.717, 1.165) is 6.20 Å². The van der Waals surface area contributed by atoms with E-state index in [1.54, 1.807) is 13.0 Å². The van der Waals surface area contributed by atoms with Crippen LogP contribution in [0.15, 0.2) is 35.1 Å². The number of nitrogens with zero attached hydrogens (tertiary/aromatic N) is 2. The van der Waals surface area contributed by atoms with Crippen LogP contribution >= 0.6 is 15.9 Å². The number of aromatic hydroxyl groups is 1. The second-order valence-electron chi connectivity index (χ2n) is 4.86. The Morgan fingerprint density at radius 3 is 2.74 bits per heavy atom. The van der Waals surface area contributed by atoms with Gasteiger partial charge in [-0.05, 0) is 30.7 Å². The van der Waals surface area contributed by atoms with Gasteiger partial charge in [0, 0.05) is 16.9 Å². The van der Waals surface area contributed by atoms with E-state index in [2.05, 4.69) is 26.3 Å². The highest BCUT2D eigenvalue weighted by Crippen LogP contribution is 2.35. The van der Waals surface area contributed by atoms with Crippen molar-refractivity contribution in [2.24, 2.45) is 0 Å². The minimum Gasteiger partial charge on any atom is -0.506 e. The van der Waals surface area contributed by atoms with E-state index in [9.17, 15) is 23.1 Å². The molecular weight excluding hydrogens is 379 g/mol. The Hall–Kier alpha value is -2.03. The zero-order valence-corrected chi connectivity index (χ0v) is 13.5. The summed E-state index contributed by atoms with van der Waals surface area (Å²) in [7, 11) is 0. The highest BCUT2D eigenvalue weighted by atomic mass is 79.9. The van der Waals surface area contributed by atoms with Crippen LogP contribution in [0.5, 0.6) is 5.75 Å². The molecule has 0 saturated heterocycles. The van der Waals surface area contributed by atoms with Gasteiger partial charge in [-0.25, -0.2) is 0 Å². The number of amides is 1. The first-order valence-corrected chi connectivity index (χ1v) is 7.33. The lowest BCUT2D eigenvalue weighted by atomic mass is 10.1. The molecule has 2 aromatic rings. The topological polar surface area (TPSA) is 67.2 Å². The van der Waals surface area contributed by atoms with E-state index in [4.69, 9.17) is 0 Å². The zero-order chi connectivity index (χ0) is 17.2. The van der Waals surface area contributed by atoms with Crippen molar-refractivity contribution in [3.8, 4) is 5.75 Å². The fourth-order valence-electron chi connectivity index (χ4n) is 2.02. The molecule has 0 saturated carbocycles. The van der Waals surface area contributed by atoms with Crippen LogP contribution in [-0.4, -0.2) is 27.0 Å². The van der Waals surface area contributed by atoms with Gasteiger partial charge in [0.1, 0.15) is 5.75 Å². The summed E-state index contributed by atoms with van der Waals surface area (Å²) in [5, 5.41) is 15.6. The Labute approximate surface area is 138 Å². The van der Waals surface area contributed by atoms with Crippen LogP contribution in [0.4, 0.5) is 18.9 Å². The highest BCUT2D eigenvalue weighted by molar-refractivity contribution is 9.10. The first-order chi connectivity index (χ1) is 10.7. The van der Waals surface area contributed by atoms with Crippen molar-refractivity contribution in [3.63, 3.8) is 0 Å². The molecule has 124 valence electrons.